The topological polar surface area (TPSA) is 42.4 Å². The molecule has 0 bridgehead atoms. The van der Waals surface area contributed by atoms with Crippen molar-refractivity contribution in [2.75, 3.05) is 7.11 Å². The van der Waals surface area contributed by atoms with Crippen molar-refractivity contribution >= 4 is 0 Å². The van der Waals surface area contributed by atoms with Gasteiger partial charge in [0.2, 0.25) is 5.88 Å². The van der Waals surface area contributed by atoms with E-state index in [2.05, 4.69) is 17.1 Å². The molecule has 1 saturated carbocycles. The van der Waals surface area contributed by atoms with Crippen LogP contribution in [-0.4, -0.2) is 17.2 Å². The van der Waals surface area contributed by atoms with Gasteiger partial charge in [-0.15, -0.1) is 0 Å². The monoisotopic (exact) mass is 269 g/mol. The molecule has 0 amide bonds. The lowest BCUT2D eigenvalue weighted by Crippen LogP contribution is -2.10. The molecule has 2 aromatic rings. The van der Waals surface area contributed by atoms with Crippen molar-refractivity contribution < 1.29 is 9.84 Å². The SMILES string of the molecule is COc1ncccc1C(O)c1cccc(C2CCC2)c1. The third kappa shape index (κ3) is 2.41. The summed E-state index contributed by atoms with van der Waals surface area (Å²) in [5, 5.41) is 10.6. The first-order chi connectivity index (χ1) is 9.79. The summed E-state index contributed by atoms with van der Waals surface area (Å²) in [5.41, 5.74) is 2.94. The van der Waals surface area contributed by atoms with E-state index in [1.54, 1.807) is 13.3 Å². The van der Waals surface area contributed by atoms with E-state index in [1.807, 2.05) is 24.3 Å². The summed E-state index contributed by atoms with van der Waals surface area (Å²) in [6.07, 6.45) is 4.80. The van der Waals surface area contributed by atoms with Gasteiger partial charge in [0.25, 0.3) is 0 Å². The van der Waals surface area contributed by atoms with Crippen molar-refractivity contribution in [1.82, 2.24) is 4.98 Å². The van der Waals surface area contributed by atoms with Gasteiger partial charge in [-0.1, -0.05) is 30.7 Å². The number of rotatable bonds is 4. The number of methoxy groups -OCH3 is 1. The third-order valence-electron chi connectivity index (χ3n) is 4.09. The van der Waals surface area contributed by atoms with Crippen molar-refractivity contribution in [3.63, 3.8) is 0 Å². The maximum Gasteiger partial charge on any atom is 0.219 e. The first-order valence-electron chi connectivity index (χ1n) is 7.06. The lowest BCUT2D eigenvalue weighted by atomic mass is 9.79. The molecule has 0 spiro atoms. The van der Waals surface area contributed by atoms with E-state index in [4.69, 9.17) is 4.74 Å². The highest BCUT2D eigenvalue weighted by atomic mass is 16.5. The van der Waals surface area contributed by atoms with Gasteiger partial charge in [0.15, 0.2) is 0 Å². The molecule has 1 aromatic heterocycles. The summed E-state index contributed by atoms with van der Waals surface area (Å²) >= 11 is 0. The number of nitrogens with zero attached hydrogens (tertiary/aromatic N) is 1. The van der Waals surface area contributed by atoms with Crippen molar-refractivity contribution in [1.29, 1.82) is 0 Å². The third-order valence-corrected chi connectivity index (χ3v) is 4.09. The number of aliphatic hydroxyl groups is 1. The van der Waals surface area contributed by atoms with Crippen LogP contribution in [0.1, 0.15) is 48.0 Å². The van der Waals surface area contributed by atoms with Crippen LogP contribution in [0.2, 0.25) is 0 Å². The Balaban J connectivity index is 1.91. The van der Waals surface area contributed by atoms with Crippen molar-refractivity contribution in [2.24, 2.45) is 0 Å². The maximum atomic E-state index is 10.6. The van der Waals surface area contributed by atoms with Crippen LogP contribution in [0.5, 0.6) is 5.88 Å². The number of benzene rings is 1. The number of aromatic nitrogens is 1. The van der Waals surface area contributed by atoms with Crippen molar-refractivity contribution in [3.8, 4) is 5.88 Å². The van der Waals surface area contributed by atoms with E-state index in [1.165, 1.54) is 24.8 Å². The Morgan fingerprint density at radius 2 is 2.10 bits per heavy atom. The lowest BCUT2D eigenvalue weighted by molar-refractivity contribution is 0.213. The second kappa shape index (κ2) is 5.63. The summed E-state index contributed by atoms with van der Waals surface area (Å²) in [7, 11) is 1.57. The summed E-state index contributed by atoms with van der Waals surface area (Å²) < 4.78 is 5.23. The Bertz CT molecular complexity index is 593. The fourth-order valence-corrected chi connectivity index (χ4v) is 2.69. The predicted octanol–water partition coefficient (Wildman–Crippen LogP) is 3.44. The highest BCUT2D eigenvalue weighted by Crippen LogP contribution is 2.38. The largest absolute Gasteiger partial charge is 0.481 e. The van der Waals surface area contributed by atoms with Gasteiger partial charge in [0, 0.05) is 11.8 Å². The number of ether oxygens (including phenoxy) is 1. The Morgan fingerprint density at radius 3 is 2.80 bits per heavy atom. The molecule has 1 aliphatic rings. The molecule has 0 aliphatic heterocycles. The lowest BCUT2D eigenvalue weighted by Gasteiger charge is -2.26. The second-order valence-corrected chi connectivity index (χ2v) is 5.30. The van der Waals surface area contributed by atoms with Gasteiger partial charge in [-0.25, -0.2) is 4.98 Å². The van der Waals surface area contributed by atoms with Crippen molar-refractivity contribution in [2.45, 2.75) is 31.3 Å². The molecule has 1 aromatic carbocycles. The van der Waals surface area contributed by atoms with Gasteiger partial charge < -0.3 is 9.84 Å². The number of hydrogen-bond acceptors (Lipinski definition) is 3. The van der Waals surface area contributed by atoms with Gasteiger partial charge in [-0.2, -0.15) is 0 Å². The average molecular weight is 269 g/mol. The van der Waals surface area contributed by atoms with Crippen LogP contribution in [0, 0.1) is 0 Å². The highest BCUT2D eigenvalue weighted by molar-refractivity contribution is 5.38. The smallest absolute Gasteiger partial charge is 0.219 e. The molecule has 0 radical (unpaired) electrons. The Kier molecular flexibility index (Phi) is 3.70. The second-order valence-electron chi connectivity index (χ2n) is 5.30. The first kappa shape index (κ1) is 13.1. The van der Waals surface area contributed by atoms with Gasteiger partial charge in [-0.3, -0.25) is 0 Å². The first-order valence-corrected chi connectivity index (χ1v) is 7.06. The number of hydrogen-bond donors (Lipinski definition) is 1. The number of pyridine rings is 1. The molecule has 1 fully saturated rings. The molecule has 0 saturated heterocycles. The summed E-state index contributed by atoms with van der Waals surface area (Å²) in [6, 6.07) is 11.9. The van der Waals surface area contributed by atoms with E-state index < -0.39 is 6.10 Å². The van der Waals surface area contributed by atoms with Gasteiger partial charge in [0.1, 0.15) is 6.10 Å². The van der Waals surface area contributed by atoms with E-state index in [9.17, 15) is 5.11 Å². The van der Waals surface area contributed by atoms with Crippen LogP contribution in [0.3, 0.4) is 0 Å². The minimum absolute atomic E-state index is 0.481. The molecule has 1 N–H and O–H groups in total. The summed E-state index contributed by atoms with van der Waals surface area (Å²) in [6.45, 7) is 0. The molecule has 3 nitrogen and oxygen atoms in total. The zero-order chi connectivity index (χ0) is 13.9. The average Bonchev–Trinajstić information content (AvgIpc) is 2.45. The maximum absolute atomic E-state index is 10.6. The minimum atomic E-state index is -0.696. The molecular formula is C17H19NO2. The fraction of sp³-hybridized carbons (Fsp3) is 0.353. The van der Waals surface area contributed by atoms with Crippen LogP contribution in [0.4, 0.5) is 0 Å². The molecule has 104 valence electrons. The van der Waals surface area contributed by atoms with Crippen LogP contribution in [0.15, 0.2) is 42.6 Å². The molecular weight excluding hydrogens is 250 g/mol. The summed E-state index contributed by atoms with van der Waals surface area (Å²) in [4.78, 5) is 4.15. The van der Waals surface area contributed by atoms with E-state index in [-0.39, 0.29) is 0 Å². The van der Waals surface area contributed by atoms with Gasteiger partial charge >= 0.3 is 0 Å². The van der Waals surface area contributed by atoms with E-state index in [0.717, 1.165) is 5.56 Å². The normalized spacial score (nSPS) is 16.5. The Labute approximate surface area is 119 Å². The van der Waals surface area contributed by atoms with Gasteiger partial charge in [0.05, 0.1) is 7.11 Å². The van der Waals surface area contributed by atoms with Crippen LogP contribution >= 0.6 is 0 Å². The fourth-order valence-electron chi connectivity index (χ4n) is 2.69. The molecule has 1 heterocycles. The quantitative estimate of drug-likeness (QED) is 0.924. The zero-order valence-electron chi connectivity index (χ0n) is 11.6. The van der Waals surface area contributed by atoms with Crippen molar-refractivity contribution in [3.05, 3.63) is 59.3 Å². The van der Waals surface area contributed by atoms with Gasteiger partial charge in [-0.05, 0) is 42.0 Å². The molecule has 3 heteroatoms. The Morgan fingerprint density at radius 1 is 1.25 bits per heavy atom. The molecule has 1 aliphatic carbocycles. The number of aliphatic hydroxyl groups excluding tert-OH is 1. The molecule has 1 unspecified atom stereocenters. The van der Waals surface area contributed by atoms with Crippen LogP contribution in [0.25, 0.3) is 0 Å². The standard InChI is InChI=1S/C17H19NO2/c1-20-17-15(9-4-10-18-17)16(19)14-8-3-7-13(11-14)12-5-2-6-12/h3-4,7-12,16,19H,2,5-6H2,1H3. The molecule has 20 heavy (non-hydrogen) atoms. The Hall–Kier alpha value is -1.87. The molecule has 1 atom stereocenters. The van der Waals surface area contributed by atoms with Crippen LogP contribution < -0.4 is 4.74 Å². The highest BCUT2D eigenvalue weighted by Gasteiger charge is 2.21. The van der Waals surface area contributed by atoms with Crippen LogP contribution in [-0.2, 0) is 0 Å². The molecule has 3 rings (SSSR count). The predicted molar refractivity (Wildman–Crippen MR) is 77.9 cm³/mol. The minimum Gasteiger partial charge on any atom is -0.481 e. The van der Waals surface area contributed by atoms with E-state index >= 15 is 0 Å². The summed E-state index contributed by atoms with van der Waals surface area (Å²) in [5.74, 6) is 1.15. The zero-order valence-corrected chi connectivity index (χ0v) is 11.6. The van der Waals surface area contributed by atoms with E-state index in [0.29, 0.717) is 17.4 Å².